The quantitative estimate of drug-likeness (QED) is 0.127. The Kier molecular flexibility index (Phi) is 8.99. The van der Waals surface area contributed by atoms with Crippen molar-refractivity contribution in [3.05, 3.63) is 136 Å². The molecule has 0 spiro atoms. The summed E-state index contributed by atoms with van der Waals surface area (Å²) in [6.45, 7) is 3.99. The fourth-order valence-corrected chi connectivity index (χ4v) is 6.98. The molecule has 250 valence electrons. The molecule has 0 saturated heterocycles. The average Bonchev–Trinajstić information content (AvgIpc) is 3.50. The van der Waals surface area contributed by atoms with Crippen molar-refractivity contribution in [1.82, 2.24) is 4.90 Å². The predicted molar refractivity (Wildman–Crippen MR) is 183 cm³/mol. The van der Waals surface area contributed by atoms with Crippen molar-refractivity contribution in [3.8, 4) is 28.0 Å². The van der Waals surface area contributed by atoms with Crippen molar-refractivity contribution in [2.24, 2.45) is 0 Å². The van der Waals surface area contributed by atoms with Gasteiger partial charge in [0.1, 0.15) is 18.6 Å². The lowest BCUT2D eigenvalue weighted by molar-refractivity contribution is 0.0747. The summed E-state index contributed by atoms with van der Waals surface area (Å²) in [4.78, 5) is 27.0. The summed E-state index contributed by atoms with van der Waals surface area (Å²) in [5.74, 6) is -0.298. The molecule has 5 aromatic rings. The van der Waals surface area contributed by atoms with Crippen LogP contribution >= 0.6 is 0 Å². The van der Waals surface area contributed by atoms with Crippen LogP contribution in [-0.4, -0.2) is 43.0 Å². The number of hydrogen-bond donors (Lipinski definition) is 2. The largest absolute Gasteiger partial charge is 0.488 e. The summed E-state index contributed by atoms with van der Waals surface area (Å²) in [5.41, 5.74) is 5.73. The highest BCUT2D eigenvalue weighted by Gasteiger charge is 2.31. The van der Waals surface area contributed by atoms with Gasteiger partial charge < -0.3 is 9.64 Å². The van der Waals surface area contributed by atoms with E-state index in [1.807, 2.05) is 30.3 Å². The van der Waals surface area contributed by atoms with E-state index in [9.17, 15) is 35.5 Å². The molecule has 1 aliphatic heterocycles. The number of amides is 1. The molecule has 12 heteroatoms. The molecule has 1 heterocycles. The minimum Gasteiger partial charge on any atom is -0.488 e. The van der Waals surface area contributed by atoms with Crippen LogP contribution in [0.15, 0.2) is 107 Å². The molecule has 10 nitrogen and oxygen atoms in total. The molecule has 0 aliphatic carbocycles. The Bertz CT molecular complexity index is 2350. The molecule has 0 atom stereocenters. The van der Waals surface area contributed by atoms with Crippen LogP contribution in [-0.2, 0) is 39.9 Å². The van der Waals surface area contributed by atoms with Crippen LogP contribution in [0.1, 0.15) is 48.5 Å². The number of carbonyl (C=O) groups is 2. The number of aldehydes is 1. The molecule has 0 aromatic heterocycles. The number of nitrogens with zero attached hydrogens (tertiary/aromatic N) is 1. The number of carbonyl (C=O) groups excluding carboxylic acids is 2. The average molecular weight is 698 g/mol. The smallest absolute Gasteiger partial charge is 0.294 e. The third-order valence-corrected chi connectivity index (χ3v) is 10.2. The second kappa shape index (κ2) is 13.1. The summed E-state index contributed by atoms with van der Waals surface area (Å²) < 4.78 is 75.0. The van der Waals surface area contributed by atoms with E-state index in [0.717, 1.165) is 23.0 Å². The van der Waals surface area contributed by atoms with Gasteiger partial charge in [-0.15, -0.1) is 0 Å². The first kappa shape index (κ1) is 33.7. The maximum Gasteiger partial charge on any atom is 0.294 e. The maximum atomic E-state index is 14.7. The number of ether oxygens (including phenoxy) is 1. The number of rotatable bonds is 9. The van der Waals surface area contributed by atoms with Crippen LogP contribution < -0.4 is 4.74 Å². The Hall–Kier alpha value is -5.14. The Morgan fingerprint density at radius 1 is 0.735 bits per heavy atom. The third kappa shape index (κ3) is 7.03. The van der Waals surface area contributed by atoms with E-state index in [1.54, 1.807) is 55.1 Å². The van der Waals surface area contributed by atoms with Gasteiger partial charge in [-0.05, 0) is 106 Å². The zero-order valence-electron chi connectivity index (χ0n) is 26.5. The van der Waals surface area contributed by atoms with Gasteiger partial charge in [-0.2, -0.15) is 16.8 Å². The topological polar surface area (TPSA) is 155 Å². The normalized spacial score (nSPS) is 12.9. The van der Waals surface area contributed by atoms with Crippen molar-refractivity contribution in [3.63, 3.8) is 0 Å². The summed E-state index contributed by atoms with van der Waals surface area (Å²) in [7, 11) is -9.21. The van der Waals surface area contributed by atoms with E-state index < -0.39 is 26.1 Å². The highest BCUT2D eigenvalue weighted by Crippen LogP contribution is 2.41. The third-order valence-electron chi connectivity index (χ3n) is 8.54. The molecule has 49 heavy (non-hydrogen) atoms. The Morgan fingerprint density at radius 2 is 1.35 bits per heavy atom. The maximum absolute atomic E-state index is 14.7. The molecule has 6 rings (SSSR count). The second-order valence-corrected chi connectivity index (χ2v) is 14.7. The molecule has 1 aliphatic rings. The molecular formula is C37H31NO9S2. The molecule has 0 bridgehead atoms. The Balaban J connectivity index is 1.61. The van der Waals surface area contributed by atoms with Crippen LogP contribution in [0.2, 0.25) is 0 Å². The van der Waals surface area contributed by atoms with Gasteiger partial charge in [-0.1, -0.05) is 54.6 Å². The van der Waals surface area contributed by atoms with Crippen molar-refractivity contribution in [2.75, 3.05) is 0 Å². The monoisotopic (exact) mass is 697 g/mol. The molecule has 0 radical (unpaired) electrons. The van der Waals surface area contributed by atoms with Gasteiger partial charge in [-0.3, -0.25) is 18.7 Å². The second-order valence-electron chi connectivity index (χ2n) is 11.9. The van der Waals surface area contributed by atoms with Crippen molar-refractivity contribution in [1.29, 1.82) is 0 Å². The van der Waals surface area contributed by atoms with Gasteiger partial charge in [0.2, 0.25) is 0 Å². The minimum atomic E-state index is -4.64. The lowest BCUT2D eigenvalue weighted by Crippen LogP contribution is -2.26. The lowest BCUT2D eigenvalue weighted by atomic mass is 9.89. The van der Waals surface area contributed by atoms with Crippen LogP contribution in [0.25, 0.3) is 22.3 Å². The number of hydrogen-bond acceptors (Lipinski definition) is 7. The van der Waals surface area contributed by atoms with E-state index in [-0.39, 0.29) is 46.4 Å². The molecule has 0 fully saturated rings. The Labute approximate surface area is 284 Å². The van der Waals surface area contributed by atoms with Crippen molar-refractivity contribution in [2.45, 2.75) is 43.3 Å². The number of fused-ring (bicyclic) bond motifs is 1. The van der Waals surface area contributed by atoms with E-state index in [4.69, 9.17) is 4.74 Å². The highest BCUT2D eigenvalue weighted by atomic mass is 32.2. The van der Waals surface area contributed by atoms with Gasteiger partial charge in [0, 0.05) is 18.7 Å². The fourth-order valence-electron chi connectivity index (χ4n) is 5.97. The van der Waals surface area contributed by atoms with Crippen LogP contribution in [0.5, 0.6) is 5.75 Å². The standard InChI is InChI=1S/C37H31NO9S2/c1-23-8-12-30(48(41,42)43)17-32(23)28-15-34(33-18-31(49(44,45)46)13-9-24(33)2)36(35(16-28)47-22-25-6-4-3-5-7-25)37(40)38-19-27-11-10-26(21-39)14-29(27)20-38/h3-18,21H,19-20,22H2,1-2H3,(H,41,42,43)(H,44,45,46). The molecular weight excluding hydrogens is 667 g/mol. The predicted octanol–water partition coefficient (Wildman–Crippen LogP) is 6.68. The molecule has 0 saturated carbocycles. The first-order chi connectivity index (χ1) is 23.2. The zero-order valence-corrected chi connectivity index (χ0v) is 28.1. The lowest BCUT2D eigenvalue weighted by Gasteiger charge is -2.23. The van der Waals surface area contributed by atoms with Crippen LogP contribution in [0.3, 0.4) is 0 Å². The summed E-state index contributed by atoms with van der Waals surface area (Å²) in [5, 5.41) is 0. The first-order valence-electron chi connectivity index (χ1n) is 15.1. The number of aryl methyl sites for hydroxylation is 2. The molecule has 1 amide bonds. The van der Waals surface area contributed by atoms with Crippen LogP contribution in [0, 0.1) is 13.8 Å². The van der Waals surface area contributed by atoms with Gasteiger partial charge in [0.05, 0.1) is 15.4 Å². The van der Waals surface area contributed by atoms with E-state index in [2.05, 4.69) is 0 Å². The van der Waals surface area contributed by atoms with Crippen LogP contribution in [0.4, 0.5) is 0 Å². The summed E-state index contributed by atoms with van der Waals surface area (Å²) in [6, 6.07) is 25.9. The zero-order chi connectivity index (χ0) is 35.1. The van der Waals surface area contributed by atoms with E-state index in [1.165, 1.54) is 30.3 Å². The van der Waals surface area contributed by atoms with Gasteiger partial charge >= 0.3 is 0 Å². The molecule has 5 aromatic carbocycles. The van der Waals surface area contributed by atoms with Crippen molar-refractivity contribution >= 4 is 32.4 Å². The van der Waals surface area contributed by atoms with Gasteiger partial charge in [0.15, 0.2) is 0 Å². The van der Waals surface area contributed by atoms with Crippen molar-refractivity contribution < 1.29 is 40.3 Å². The SMILES string of the molecule is Cc1ccc(S(=O)(=O)O)cc1-c1cc(OCc2ccccc2)c(C(=O)N2Cc3ccc(C=O)cc3C2)c(-c2cc(S(=O)(=O)O)ccc2C)c1. The Morgan fingerprint density at radius 3 is 1.98 bits per heavy atom. The highest BCUT2D eigenvalue weighted by molar-refractivity contribution is 7.86. The summed E-state index contributed by atoms with van der Waals surface area (Å²) in [6.07, 6.45) is 0.737. The van der Waals surface area contributed by atoms with Gasteiger partial charge in [0.25, 0.3) is 26.1 Å². The minimum absolute atomic E-state index is 0.0566. The fraction of sp³-hybridized carbons (Fsp3) is 0.135. The number of benzene rings is 5. The molecule has 2 N–H and O–H groups in total. The van der Waals surface area contributed by atoms with E-state index in [0.29, 0.717) is 33.4 Å². The van der Waals surface area contributed by atoms with Gasteiger partial charge in [-0.25, -0.2) is 0 Å². The van der Waals surface area contributed by atoms with E-state index >= 15 is 0 Å². The first-order valence-corrected chi connectivity index (χ1v) is 18.0. The summed E-state index contributed by atoms with van der Waals surface area (Å²) >= 11 is 0. The molecule has 0 unspecified atom stereocenters.